The maximum absolute atomic E-state index is 12.4. The second kappa shape index (κ2) is 14.5. The molecule has 3 atom stereocenters. The summed E-state index contributed by atoms with van der Waals surface area (Å²) in [6, 6.07) is -2.80. The topological polar surface area (TPSA) is 215 Å². The summed E-state index contributed by atoms with van der Waals surface area (Å²) in [6.45, 7) is 1.12. The molecular formula is C16H31N7O5S. The average Bonchev–Trinajstić information content (AvgIpc) is 2.65. The number of aliphatic imine (C=N–C) groups is 1. The van der Waals surface area contributed by atoms with E-state index in [0.717, 1.165) is 0 Å². The SMILES string of the molecule is CSCCC(N)C(=O)NC(CCCN=C(N)N)C(=O)NCC(=O)NC(C)C(=O)O. The lowest BCUT2D eigenvalue weighted by Crippen LogP contribution is -2.53. The summed E-state index contributed by atoms with van der Waals surface area (Å²) in [5.74, 6) is -2.34. The molecule has 0 heterocycles. The number of nitrogens with zero attached hydrogens (tertiary/aromatic N) is 1. The number of thioether (sulfide) groups is 1. The molecule has 0 fully saturated rings. The van der Waals surface area contributed by atoms with Crippen LogP contribution in [-0.4, -0.2) is 78.0 Å². The third-order valence-electron chi connectivity index (χ3n) is 3.72. The molecule has 0 aromatic carbocycles. The Hall–Kier alpha value is -2.54. The van der Waals surface area contributed by atoms with Crippen molar-refractivity contribution in [1.29, 1.82) is 0 Å². The highest BCUT2D eigenvalue weighted by Crippen LogP contribution is 2.02. The third kappa shape index (κ3) is 12.5. The van der Waals surface area contributed by atoms with Gasteiger partial charge in [-0.25, -0.2) is 0 Å². The van der Waals surface area contributed by atoms with Crippen molar-refractivity contribution in [2.75, 3.05) is 25.1 Å². The van der Waals surface area contributed by atoms with Gasteiger partial charge in [0, 0.05) is 6.54 Å². The number of carbonyl (C=O) groups is 4. The molecule has 3 amide bonds. The number of amides is 3. The Balaban J connectivity index is 4.81. The Kier molecular flexibility index (Phi) is 13.2. The minimum absolute atomic E-state index is 0.0849. The predicted octanol–water partition coefficient (Wildman–Crippen LogP) is -2.69. The second-order valence-electron chi connectivity index (χ2n) is 6.24. The molecule has 0 saturated carbocycles. The van der Waals surface area contributed by atoms with Crippen LogP contribution in [0.4, 0.5) is 0 Å². The number of carboxylic acid groups (broad SMARTS) is 1. The minimum Gasteiger partial charge on any atom is -0.480 e. The molecule has 0 spiro atoms. The van der Waals surface area contributed by atoms with Gasteiger partial charge in [0.15, 0.2) is 5.96 Å². The van der Waals surface area contributed by atoms with Gasteiger partial charge in [-0.2, -0.15) is 11.8 Å². The Morgan fingerprint density at radius 1 is 1.10 bits per heavy atom. The molecule has 13 heteroatoms. The van der Waals surface area contributed by atoms with E-state index in [1.165, 1.54) is 6.92 Å². The van der Waals surface area contributed by atoms with Crippen molar-refractivity contribution in [1.82, 2.24) is 16.0 Å². The van der Waals surface area contributed by atoms with Crippen LogP contribution in [-0.2, 0) is 19.2 Å². The zero-order valence-corrected chi connectivity index (χ0v) is 17.5. The van der Waals surface area contributed by atoms with Crippen LogP contribution >= 0.6 is 11.8 Å². The largest absolute Gasteiger partial charge is 0.480 e. The summed E-state index contributed by atoms with van der Waals surface area (Å²) < 4.78 is 0. The fourth-order valence-corrected chi connectivity index (χ4v) is 2.56. The molecule has 0 aromatic heterocycles. The molecular weight excluding hydrogens is 402 g/mol. The highest BCUT2D eigenvalue weighted by molar-refractivity contribution is 7.98. The highest BCUT2D eigenvalue weighted by atomic mass is 32.2. The van der Waals surface area contributed by atoms with Crippen molar-refractivity contribution in [3.63, 3.8) is 0 Å². The molecule has 29 heavy (non-hydrogen) atoms. The summed E-state index contributed by atoms with van der Waals surface area (Å²) in [5, 5.41) is 15.9. The van der Waals surface area contributed by atoms with Gasteiger partial charge in [-0.3, -0.25) is 24.2 Å². The first-order valence-corrected chi connectivity index (χ1v) is 10.4. The van der Waals surface area contributed by atoms with Gasteiger partial charge in [-0.15, -0.1) is 0 Å². The van der Waals surface area contributed by atoms with Crippen LogP contribution in [0.1, 0.15) is 26.2 Å². The van der Waals surface area contributed by atoms with Crippen LogP contribution < -0.4 is 33.2 Å². The van der Waals surface area contributed by atoms with Gasteiger partial charge in [-0.05, 0) is 38.2 Å². The normalized spacial score (nSPS) is 13.5. The molecule has 0 rings (SSSR count). The third-order valence-corrected chi connectivity index (χ3v) is 4.36. The fourth-order valence-electron chi connectivity index (χ4n) is 2.07. The van der Waals surface area contributed by atoms with Gasteiger partial charge in [-0.1, -0.05) is 0 Å². The maximum Gasteiger partial charge on any atom is 0.325 e. The Bertz CT molecular complexity index is 598. The lowest BCUT2D eigenvalue weighted by atomic mass is 10.1. The van der Waals surface area contributed by atoms with E-state index in [-0.39, 0.29) is 18.9 Å². The lowest BCUT2D eigenvalue weighted by molar-refractivity contribution is -0.141. The number of carboxylic acids is 1. The number of aliphatic carboxylic acids is 1. The molecule has 0 aliphatic heterocycles. The average molecular weight is 434 g/mol. The lowest BCUT2D eigenvalue weighted by Gasteiger charge is -2.20. The first-order valence-electron chi connectivity index (χ1n) is 8.98. The van der Waals surface area contributed by atoms with Crippen molar-refractivity contribution in [2.24, 2.45) is 22.2 Å². The van der Waals surface area contributed by atoms with E-state index >= 15 is 0 Å². The van der Waals surface area contributed by atoms with E-state index < -0.39 is 48.4 Å². The molecule has 0 aromatic rings. The van der Waals surface area contributed by atoms with Crippen LogP contribution in [0.25, 0.3) is 0 Å². The number of nitrogens with two attached hydrogens (primary N) is 3. The van der Waals surface area contributed by atoms with Crippen molar-refractivity contribution in [3.8, 4) is 0 Å². The molecule has 10 N–H and O–H groups in total. The van der Waals surface area contributed by atoms with Gasteiger partial charge >= 0.3 is 5.97 Å². The zero-order valence-electron chi connectivity index (χ0n) is 16.6. The van der Waals surface area contributed by atoms with E-state index in [2.05, 4.69) is 20.9 Å². The van der Waals surface area contributed by atoms with Gasteiger partial charge in [0.05, 0.1) is 12.6 Å². The summed E-state index contributed by atoms with van der Waals surface area (Å²) in [6.07, 6.45) is 2.96. The smallest absolute Gasteiger partial charge is 0.325 e. The molecule has 0 saturated heterocycles. The molecule has 12 nitrogen and oxygen atoms in total. The number of carbonyl (C=O) groups excluding carboxylic acids is 3. The van der Waals surface area contributed by atoms with Gasteiger partial charge in [0.25, 0.3) is 0 Å². The summed E-state index contributed by atoms with van der Waals surface area (Å²) in [5.41, 5.74) is 16.3. The fraction of sp³-hybridized carbons (Fsp3) is 0.688. The quantitative estimate of drug-likeness (QED) is 0.0861. The van der Waals surface area contributed by atoms with Crippen molar-refractivity contribution in [2.45, 2.75) is 44.3 Å². The molecule has 0 aliphatic carbocycles. The van der Waals surface area contributed by atoms with Gasteiger partial charge in [0.2, 0.25) is 17.7 Å². The summed E-state index contributed by atoms with van der Waals surface area (Å²) in [4.78, 5) is 50.9. The van der Waals surface area contributed by atoms with Crippen LogP contribution in [0.2, 0.25) is 0 Å². The van der Waals surface area contributed by atoms with E-state index in [0.29, 0.717) is 18.6 Å². The predicted molar refractivity (Wildman–Crippen MR) is 111 cm³/mol. The van der Waals surface area contributed by atoms with E-state index in [9.17, 15) is 19.2 Å². The number of guanidine groups is 1. The van der Waals surface area contributed by atoms with Crippen molar-refractivity contribution >= 4 is 41.4 Å². The molecule has 166 valence electrons. The zero-order chi connectivity index (χ0) is 22.4. The van der Waals surface area contributed by atoms with Crippen LogP contribution in [0, 0.1) is 0 Å². The molecule has 3 unspecified atom stereocenters. The van der Waals surface area contributed by atoms with Crippen LogP contribution in [0.5, 0.6) is 0 Å². The number of hydrogen-bond acceptors (Lipinski definition) is 7. The Morgan fingerprint density at radius 2 is 1.76 bits per heavy atom. The van der Waals surface area contributed by atoms with Crippen LogP contribution in [0.3, 0.4) is 0 Å². The summed E-state index contributed by atoms with van der Waals surface area (Å²) >= 11 is 1.55. The van der Waals surface area contributed by atoms with Crippen molar-refractivity contribution < 1.29 is 24.3 Å². The molecule has 0 bridgehead atoms. The Morgan fingerprint density at radius 3 is 2.31 bits per heavy atom. The van der Waals surface area contributed by atoms with E-state index in [1.54, 1.807) is 11.8 Å². The summed E-state index contributed by atoms with van der Waals surface area (Å²) in [7, 11) is 0. The first kappa shape index (κ1) is 26.5. The Labute approximate surface area is 173 Å². The molecule has 0 radical (unpaired) electrons. The van der Waals surface area contributed by atoms with E-state index in [1.807, 2.05) is 6.26 Å². The van der Waals surface area contributed by atoms with Crippen molar-refractivity contribution in [3.05, 3.63) is 0 Å². The number of nitrogens with one attached hydrogen (secondary N) is 3. The van der Waals surface area contributed by atoms with E-state index in [4.69, 9.17) is 22.3 Å². The minimum atomic E-state index is -1.20. The standard InChI is InChI=1S/C16H31N7O5S/c1-9(15(27)28)22-12(24)8-21-14(26)11(4-3-6-20-16(18)19)23-13(25)10(17)5-7-29-2/h9-11H,3-8,17H2,1-2H3,(H,21,26)(H,22,24)(H,23,25)(H,27,28)(H4,18,19,20). The first-order chi connectivity index (χ1) is 13.6. The highest BCUT2D eigenvalue weighted by Gasteiger charge is 2.24. The maximum atomic E-state index is 12.4. The molecule has 0 aliphatic rings. The van der Waals surface area contributed by atoms with Crippen LogP contribution in [0.15, 0.2) is 4.99 Å². The number of hydrogen-bond donors (Lipinski definition) is 7. The number of rotatable bonds is 14. The van der Waals surface area contributed by atoms with Gasteiger partial charge in [0.1, 0.15) is 12.1 Å². The monoisotopic (exact) mass is 433 g/mol. The van der Waals surface area contributed by atoms with Gasteiger partial charge < -0.3 is 38.3 Å². The second-order valence-corrected chi connectivity index (χ2v) is 7.23.